The topological polar surface area (TPSA) is 35.6 Å². The number of hydrogen-bond donors (Lipinski definition) is 1. The number of rotatable bonds is 7. The van der Waals surface area contributed by atoms with E-state index in [0.29, 0.717) is 13.0 Å². The van der Waals surface area contributed by atoms with Gasteiger partial charge >= 0.3 is 0 Å². The lowest BCUT2D eigenvalue weighted by molar-refractivity contribution is -0.117. The van der Waals surface area contributed by atoms with Gasteiger partial charge in [0.2, 0.25) is 5.91 Å². The summed E-state index contributed by atoms with van der Waals surface area (Å²) in [7, 11) is 2.17. The smallest absolute Gasteiger partial charge is 0.247 e. The average molecular weight is 378 g/mol. The predicted molar refractivity (Wildman–Crippen MR) is 116 cm³/mol. The number of amides is 1. The second-order valence-electron chi connectivity index (χ2n) is 7.41. The van der Waals surface area contributed by atoms with E-state index in [2.05, 4.69) is 46.4 Å². The molecule has 1 N–H and O–H groups in total. The quantitative estimate of drug-likeness (QED) is 0.749. The zero-order valence-corrected chi connectivity index (χ0v) is 17.0. The summed E-state index contributed by atoms with van der Waals surface area (Å²) in [5, 5.41) is 3.20. The van der Waals surface area contributed by atoms with Gasteiger partial charge in [0, 0.05) is 38.3 Å². The number of carbonyl (C=O) groups is 1. The Morgan fingerprint density at radius 1 is 1.00 bits per heavy atom. The van der Waals surface area contributed by atoms with Gasteiger partial charge in [-0.05, 0) is 30.7 Å². The highest BCUT2D eigenvalue weighted by molar-refractivity contribution is 5.97. The van der Waals surface area contributed by atoms with Gasteiger partial charge in [0.1, 0.15) is 0 Å². The van der Waals surface area contributed by atoms with Crippen LogP contribution < -0.4 is 5.32 Å². The standard InChI is InChI=1S/C24H31N3O/c1-3-21(18-20-10-6-4-7-11-20)24(28)25-19-23(22-12-8-5-9-13-22)27-16-14-26(2)15-17-27/h4-13,18,23H,3,14-17,19H2,1-2H3,(H,25,28)/b21-18+. The molecular weight excluding hydrogens is 346 g/mol. The highest BCUT2D eigenvalue weighted by atomic mass is 16.1. The molecule has 2 aromatic carbocycles. The van der Waals surface area contributed by atoms with Crippen molar-refractivity contribution >= 4 is 12.0 Å². The Bertz CT molecular complexity index is 765. The van der Waals surface area contributed by atoms with Crippen LogP contribution in [-0.2, 0) is 4.79 Å². The molecule has 2 aromatic rings. The molecule has 4 heteroatoms. The largest absolute Gasteiger partial charge is 0.350 e. The number of piperazine rings is 1. The van der Waals surface area contributed by atoms with Crippen LogP contribution in [0.15, 0.2) is 66.2 Å². The fourth-order valence-corrected chi connectivity index (χ4v) is 3.65. The van der Waals surface area contributed by atoms with Crippen LogP contribution in [0.5, 0.6) is 0 Å². The van der Waals surface area contributed by atoms with Crippen molar-refractivity contribution in [2.45, 2.75) is 19.4 Å². The highest BCUT2D eigenvalue weighted by Crippen LogP contribution is 2.21. The van der Waals surface area contributed by atoms with Gasteiger partial charge in [0.05, 0.1) is 6.04 Å². The molecule has 1 saturated heterocycles. The molecule has 3 rings (SSSR count). The molecule has 0 aromatic heterocycles. The third kappa shape index (κ3) is 5.54. The van der Waals surface area contributed by atoms with Gasteiger partial charge in [-0.2, -0.15) is 0 Å². The Hall–Kier alpha value is -2.43. The average Bonchev–Trinajstić information content (AvgIpc) is 2.74. The first-order valence-corrected chi connectivity index (χ1v) is 10.2. The monoisotopic (exact) mass is 377 g/mol. The Kier molecular flexibility index (Phi) is 7.40. The van der Waals surface area contributed by atoms with Crippen molar-refractivity contribution in [1.82, 2.24) is 15.1 Å². The van der Waals surface area contributed by atoms with Crippen molar-refractivity contribution in [1.29, 1.82) is 0 Å². The zero-order valence-electron chi connectivity index (χ0n) is 17.0. The van der Waals surface area contributed by atoms with Gasteiger partial charge in [-0.3, -0.25) is 9.69 Å². The van der Waals surface area contributed by atoms with Gasteiger partial charge in [-0.1, -0.05) is 67.6 Å². The van der Waals surface area contributed by atoms with Crippen LogP contribution in [-0.4, -0.2) is 55.5 Å². The lowest BCUT2D eigenvalue weighted by Crippen LogP contribution is -2.48. The summed E-state index contributed by atoms with van der Waals surface area (Å²) in [4.78, 5) is 17.7. The molecule has 1 aliphatic heterocycles. The van der Waals surface area contributed by atoms with E-state index < -0.39 is 0 Å². The summed E-state index contributed by atoms with van der Waals surface area (Å²) in [6, 6.07) is 20.8. The van der Waals surface area contributed by atoms with Crippen molar-refractivity contribution in [2.75, 3.05) is 39.8 Å². The van der Waals surface area contributed by atoms with E-state index in [0.717, 1.165) is 37.3 Å². The van der Waals surface area contributed by atoms with Gasteiger partial charge < -0.3 is 10.2 Å². The summed E-state index contributed by atoms with van der Waals surface area (Å²) >= 11 is 0. The number of benzene rings is 2. The first-order chi connectivity index (χ1) is 13.7. The molecule has 0 spiro atoms. The summed E-state index contributed by atoms with van der Waals surface area (Å²) in [5.74, 6) is 0.0291. The normalized spacial score (nSPS) is 17.3. The fourth-order valence-electron chi connectivity index (χ4n) is 3.65. The van der Waals surface area contributed by atoms with Crippen molar-refractivity contribution in [3.8, 4) is 0 Å². The summed E-state index contributed by atoms with van der Waals surface area (Å²) < 4.78 is 0. The SMILES string of the molecule is CC/C(=C\c1ccccc1)C(=O)NCC(c1ccccc1)N1CCN(C)CC1. The van der Waals surface area contributed by atoms with E-state index in [1.807, 2.05) is 49.4 Å². The van der Waals surface area contributed by atoms with E-state index in [9.17, 15) is 4.79 Å². The highest BCUT2D eigenvalue weighted by Gasteiger charge is 2.24. The number of carbonyl (C=O) groups excluding carboxylic acids is 1. The molecule has 4 nitrogen and oxygen atoms in total. The summed E-state index contributed by atoms with van der Waals surface area (Å²) in [6.07, 6.45) is 2.70. The van der Waals surface area contributed by atoms with Crippen molar-refractivity contribution in [3.05, 3.63) is 77.4 Å². The maximum absolute atomic E-state index is 12.8. The number of likely N-dealkylation sites (N-methyl/N-ethyl adjacent to an activating group) is 1. The van der Waals surface area contributed by atoms with E-state index in [-0.39, 0.29) is 11.9 Å². The van der Waals surface area contributed by atoms with Crippen LogP contribution in [0.2, 0.25) is 0 Å². The third-order valence-corrected chi connectivity index (χ3v) is 5.43. The predicted octanol–water partition coefficient (Wildman–Crippen LogP) is 3.58. The molecule has 1 atom stereocenters. The summed E-state index contributed by atoms with van der Waals surface area (Å²) in [6.45, 7) is 6.82. The van der Waals surface area contributed by atoms with Crippen LogP contribution >= 0.6 is 0 Å². The molecule has 0 aliphatic carbocycles. The first-order valence-electron chi connectivity index (χ1n) is 10.2. The van der Waals surface area contributed by atoms with Gasteiger partial charge in [-0.25, -0.2) is 0 Å². The second kappa shape index (κ2) is 10.2. The zero-order chi connectivity index (χ0) is 19.8. The number of nitrogens with zero attached hydrogens (tertiary/aromatic N) is 2. The second-order valence-corrected chi connectivity index (χ2v) is 7.41. The van der Waals surface area contributed by atoms with Crippen LogP contribution in [0.3, 0.4) is 0 Å². The molecule has 1 fully saturated rings. The van der Waals surface area contributed by atoms with Gasteiger partial charge in [-0.15, -0.1) is 0 Å². The molecule has 1 heterocycles. The minimum atomic E-state index is 0.0291. The molecule has 0 bridgehead atoms. The number of nitrogens with one attached hydrogen (secondary N) is 1. The van der Waals surface area contributed by atoms with Crippen molar-refractivity contribution in [2.24, 2.45) is 0 Å². The Morgan fingerprint density at radius 2 is 1.61 bits per heavy atom. The van der Waals surface area contributed by atoms with Crippen molar-refractivity contribution < 1.29 is 4.79 Å². The number of hydrogen-bond acceptors (Lipinski definition) is 3. The van der Waals surface area contributed by atoms with Crippen LogP contribution in [0.4, 0.5) is 0 Å². The van der Waals surface area contributed by atoms with E-state index in [1.165, 1.54) is 5.56 Å². The van der Waals surface area contributed by atoms with E-state index in [1.54, 1.807) is 0 Å². The Morgan fingerprint density at radius 3 is 2.21 bits per heavy atom. The molecule has 1 unspecified atom stereocenters. The fraction of sp³-hybridized carbons (Fsp3) is 0.375. The Labute approximate surface area is 168 Å². The molecular formula is C24H31N3O. The van der Waals surface area contributed by atoms with Gasteiger partial charge in [0.15, 0.2) is 0 Å². The maximum atomic E-state index is 12.8. The van der Waals surface area contributed by atoms with E-state index in [4.69, 9.17) is 0 Å². The lowest BCUT2D eigenvalue weighted by Gasteiger charge is -2.38. The molecule has 0 saturated carbocycles. The third-order valence-electron chi connectivity index (χ3n) is 5.43. The Balaban J connectivity index is 1.70. The minimum absolute atomic E-state index is 0.0291. The van der Waals surface area contributed by atoms with Crippen molar-refractivity contribution in [3.63, 3.8) is 0 Å². The first kappa shape index (κ1) is 20.3. The lowest BCUT2D eigenvalue weighted by atomic mass is 10.0. The minimum Gasteiger partial charge on any atom is -0.350 e. The molecule has 148 valence electrons. The van der Waals surface area contributed by atoms with Crippen LogP contribution in [0.25, 0.3) is 6.08 Å². The molecule has 28 heavy (non-hydrogen) atoms. The van der Waals surface area contributed by atoms with Crippen LogP contribution in [0, 0.1) is 0 Å². The maximum Gasteiger partial charge on any atom is 0.247 e. The van der Waals surface area contributed by atoms with Crippen LogP contribution in [0.1, 0.15) is 30.5 Å². The summed E-state index contributed by atoms with van der Waals surface area (Å²) in [5.41, 5.74) is 3.14. The van der Waals surface area contributed by atoms with Gasteiger partial charge in [0.25, 0.3) is 0 Å². The molecule has 0 radical (unpaired) electrons. The van der Waals surface area contributed by atoms with E-state index >= 15 is 0 Å². The molecule has 1 aliphatic rings. The molecule has 1 amide bonds.